The van der Waals surface area contributed by atoms with E-state index in [2.05, 4.69) is 12.2 Å². The van der Waals surface area contributed by atoms with Crippen LogP contribution in [0.4, 0.5) is 17.1 Å². The standard InChI is InChI=1S/C29H29N3O5/c1-2-3-4-14-27(34)31-24-12-6-5-11-22(24)30-23-17-20(26-13-8-15-37-26)18-25(33)28(23)29(31)19-9-7-10-21(16-19)32(35)36/h5-13,15-16,20,29-30H,2-4,14,17-18H2,1H3/t20-,29+/m1/s1. The van der Waals surface area contributed by atoms with Crippen LogP contribution >= 0.6 is 0 Å². The van der Waals surface area contributed by atoms with E-state index in [-0.39, 0.29) is 29.7 Å². The number of fused-ring (bicyclic) bond motifs is 1. The van der Waals surface area contributed by atoms with Crippen molar-refractivity contribution in [3.8, 4) is 0 Å². The molecule has 0 unspecified atom stereocenters. The zero-order chi connectivity index (χ0) is 25.9. The first-order valence-electron chi connectivity index (χ1n) is 12.7. The lowest BCUT2D eigenvalue weighted by molar-refractivity contribution is -0.384. The van der Waals surface area contributed by atoms with Gasteiger partial charge in [-0.3, -0.25) is 24.6 Å². The van der Waals surface area contributed by atoms with Crippen LogP contribution in [0, 0.1) is 10.1 Å². The van der Waals surface area contributed by atoms with Crippen LogP contribution in [0.1, 0.15) is 68.7 Å². The van der Waals surface area contributed by atoms with Gasteiger partial charge in [0, 0.05) is 42.2 Å². The fourth-order valence-electron chi connectivity index (χ4n) is 5.36. The van der Waals surface area contributed by atoms with Crippen molar-refractivity contribution in [2.75, 3.05) is 10.2 Å². The predicted molar refractivity (Wildman–Crippen MR) is 140 cm³/mol. The summed E-state index contributed by atoms with van der Waals surface area (Å²) >= 11 is 0. The second kappa shape index (κ2) is 10.4. The number of ketones is 1. The highest BCUT2D eigenvalue weighted by molar-refractivity contribution is 6.06. The predicted octanol–water partition coefficient (Wildman–Crippen LogP) is 6.67. The quantitative estimate of drug-likeness (QED) is 0.221. The van der Waals surface area contributed by atoms with E-state index in [9.17, 15) is 19.7 Å². The van der Waals surface area contributed by atoms with Crippen LogP contribution in [-0.2, 0) is 9.59 Å². The van der Waals surface area contributed by atoms with E-state index in [0.29, 0.717) is 35.4 Å². The number of rotatable bonds is 7. The Morgan fingerprint density at radius 2 is 1.95 bits per heavy atom. The zero-order valence-electron chi connectivity index (χ0n) is 20.7. The number of hydrogen-bond acceptors (Lipinski definition) is 6. The summed E-state index contributed by atoms with van der Waals surface area (Å²) in [4.78, 5) is 40.6. The normalized spacial score (nSPS) is 19.1. The number of carbonyl (C=O) groups is 2. The Hall–Kier alpha value is -4.20. The molecule has 2 atom stereocenters. The minimum absolute atomic E-state index is 0.0831. The maximum atomic E-state index is 13.9. The highest BCUT2D eigenvalue weighted by atomic mass is 16.6. The van der Waals surface area contributed by atoms with Crippen molar-refractivity contribution in [2.45, 2.75) is 57.4 Å². The molecule has 1 aromatic heterocycles. The molecule has 0 fully saturated rings. The van der Waals surface area contributed by atoms with Gasteiger partial charge in [-0.25, -0.2) is 0 Å². The lowest BCUT2D eigenvalue weighted by Crippen LogP contribution is -2.38. The summed E-state index contributed by atoms with van der Waals surface area (Å²) in [5, 5.41) is 15.1. The Kier molecular flexibility index (Phi) is 6.90. The van der Waals surface area contributed by atoms with Gasteiger partial charge in [-0.1, -0.05) is 44.0 Å². The number of hydrogen-bond donors (Lipinski definition) is 1. The number of nitro benzene ring substituents is 1. The minimum atomic E-state index is -0.787. The number of nitrogens with zero attached hydrogens (tertiary/aromatic N) is 2. The third-order valence-electron chi connectivity index (χ3n) is 7.09. The van der Waals surface area contributed by atoms with E-state index in [1.165, 1.54) is 12.1 Å². The van der Waals surface area contributed by atoms with Gasteiger partial charge in [-0.2, -0.15) is 0 Å². The van der Waals surface area contributed by atoms with Gasteiger partial charge < -0.3 is 9.73 Å². The number of non-ortho nitro benzene ring substituents is 1. The van der Waals surface area contributed by atoms with E-state index in [1.54, 1.807) is 23.3 Å². The van der Waals surface area contributed by atoms with E-state index < -0.39 is 11.0 Å². The molecular formula is C29H29N3O5. The number of amides is 1. The number of unbranched alkanes of at least 4 members (excludes halogenated alkanes) is 2. The smallest absolute Gasteiger partial charge is 0.269 e. The monoisotopic (exact) mass is 499 g/mol. The number of benzene rings is 2. The minimum Gasteiger partial charge on any atom is -0.469 e. The molecule has 1 N–H and O–H groups in total. The summed E-state index contributed by atoms with van der Waals surface area (Å²) in [6.07, 6.45) is 5.28. The van der Waals surface area contributed by atoms with Crippen molar-refractivity contribution < 1.29 is 18.9 Å². The molecular weight excluding hydrogens is 470 g/mol. The lowest BCUT2D eigenvalue weighted by atomic mass is 9.80. The maximum absolute atomic E-state index is 13.9. The molecule has 2 heterocycles. The second-order valence-corrected chi connectivity index (χ2v) is 9.55. The largest absolute Gasteiger partial charge is 0.469 e. The number of allylic oxidation sites excluding steroid dienone is 1. The fraction of sp³-hybridized carbons (Fsp3) is 0.310. The highest BCUT2D eigenvalue weighted by Crippen LogP contribution is 2.48. The summed E-state index contributed by atoms with van der Waals surface area (Å²) in [7, 11) is 0. The van der Waals surface area contributed by atoms with Crippen LogP contribution in [0.2, 0.25) is 0 Å². The van der Waals surface area contributed by atoms with Gasteiger partial charge in [0.05, 0.1) is 28.6 Å². The first-order chi connectivity index (χ1) is 18.0. The molecule has 3 aromatic rings. The van der Waals surface area contributed by atoms with Crippen molar-refractivity contribution in [2.24, 2.45) is 0 Å². The van der Waals surface area contributed by atoms with Crippen molar-refractivity contribution in [3.63, 3.8) is 0 Å². The number of nitro groups is 1. The average Bonchev–Trinajstić information content (AvgIpc) is 3.39. The molecule has 0 saturated heterocycles. The van der Waals surface area contributed by atoms with Gasteiger partial charge in [-0.15, -0.1) is 0 Å². The Labute approximate surface area is 215 Å². The molecule has 0 saturated carbocycles. The molecule has 0 bridgehead atoms. The molecule has 8 nitrogen and oxygen atoms in total. The number of carbonyl (C=O) groups excluding carboxylic acids is 2. The molecule has 8 heteroatoms. The third kappa shape index (κ3) is 4.79. The molecule has 190 valence electrons. The summed E-state index contributed by atoms with van der Waals surface area (Å²) in [5.74, 6) is 0.372. The van der Waals surface area contributed by atoms with Crippen LogP contribution in [0.15, 0.2) is 82.6 Å². The first kappa shape index (κ1) is 24.5. The number of nitrogens with one attached hydrogen (secondary N) is 1. The van der Waals surface area contributed by atoms with Gasteiger partial charge >= 0.3 is 0 Å². The molecule has 37 heavy (non-hydrogen) atoms. The van der Waals surface area contributed by atoms with Crippen LogP contribution < -0.4 is 10.2 Å². The Bertz CT molecular complexity index is 1360. The van der Waals surface area contributed by atoms with Gasteiger partial charge in [0.15, 0.2) is 5.78 Å². The number of para-hydroxylation sites is 2. The summed E-state index contributed by atoms with van der Waals surface area (Å²) in [6, 6.07) is 16.6. The topological polar surface area (TPSA) is 106 Å². The molecule has 0 radical (unpaired) electrons. The lowest BCUT2D eigenvalue weighted by Gasteiger charge is -2.35. The SMILES string of the molecule is CCCCCC(=O)N1c2ccccc2NC2=C(C(=O)C[C@H](c3ccco3)C2)[C@@H]1c1cccc([N+](=O)[O-])c1. The molecule has 5 rings (SSSR count). The molecule has 1 amide bonds. The van der Waals surface area contributed by atoms with Gasteiger partial charge in [0.2, 0.25) is 5.91 Å². The van der Waals surface area contributed by atoms with Crippen molar-refractivity contribution in [1.29, 1.82) is 0 Å². The molecule has 0 spiro atoms. The van der Waals surface area contributed by atoms with Crippen LogP contribution in [0.25, 0.3) is 0 Å². The van der Waals surface area contributed by atoms with Crippen LogP contribution in [-0.4, -0.2) is 16.6 Å². The Morgan fingerprint density at radius 1 is 1.11 bits per heavy atom. The zero-order valence-corrected chi connectivity index (χ0v) is 20.7. The molecule has 2 aromatic carbocycles. The van der Waals surface area contributed by atoms with E-state index in [0.717, 1.165) is 30.7 Å². The summed E-state index contributed by atoms with van der Waals surface area (Å²) in [6.45, 7) is 2.08. The van der Waals surface area contributed by atoms with Gasteiger partial charge in [0.25, 0.3) is 5.69 Å². The van der Waals surface area contributed by atoms with Gasteiger partial charge in [-0.05, 0) is 42.7 Å². The summed E-state index contributed by atoms with van der Waals surface area (Å²) < 4.78 is 5.63. The second-order valence-electron chi connectivity index (χ2n) is 9.55. The Morgan fingerprint density at radius 3 is 2.70 bits per heavy atom. The Balaban J connectivity index is 1.69. The van der Waals surface area contributed by atoms with Crippen LogP contribution in [0.5, 0.6) is 0 Å². The number of Topliss-reactive ketones (excluding diaryl/α,β-unsaturated/α-hetero) is 1. The van der Waals surface area contributed by atoms with E-state index in [4.69, 9.17) is 4.42 Å². The van der Waals surface area contributed by atoms with Crippen molar-refractivity contribution in [3.05, 3.63) is 99.6 Å². The first-order valence-corrected chi connectivity index (χ1v) is 12.7. The number of anilines is 2. The van der Waals surface area contributed by atoms with Crippen molar-refractivity contribution in [1.82, 2.24) is 0 Å². The van der Waals surface area contributed by atoms with E-state index >= 15 is 0 Å². The fourth-order valence-corrected chi connectivity index (χ4v) is 5.36. The maximum Gasteiger partial charge on any atom is 0.269 e. The van der Waals surface area contributed by atoms with Gasteiger partial charge in [0.1, 0.15) is 5.76 Å². The molecule has 1 aliphatic carbocycles. The van der Waals surface area contributed by atoms with Crippen LogP contribution in [0.3, 0.4) is 0 Å². The average molecular weight is 500 g/mol. The van der Waals surface area contributed by atoms with Crippen molar-refractivity contribution >= 4 is 28.8 Å². The molecule has 1 aliphatic heterocycles. The third-order valence-corrected chi connectivity index (χ3v) is 7.09. The number of furan rings is 1. The highest BCUT2D eigenvalue weighted by Gasteiger charge is 2.42. The summed E-state index contributed by atoms with van der Waals surface area (Å²) in [5.41, 5.74) is 3.01. The van der Waals surface area contributed by atoms with E-state index in [1.807, 2.05) is 36.4 Å². The molecule has 2 aliphatic rings.